The summed E-state index contributed by atoms with van der Waals surface area (Å²) in [4.78, 5) is 72.2. The van der Waals surface area contributed by atoms with Crippen LogP contribution in [0.25, 0.3) is 22.3 Å². The molecule has 0 bridgehead atoms. The molecule has 2 aliphatic heterocycles. The van der Waals surface area contributed by atoms with Crippen molar-refractivity contribution in [3.8, 4) is 22.8 Å². The molecular weight excluding hydrogens is 822 g/mol. The summed E-state index contributed by atoms with van der Waals surface area (Å²) in [7, 11) is 2.21. The molecule has 0 spiro atoms. The number of carboxylic acid groups (broad SMARTS) is 6. The molecule has 2 aromatic heterocycles. The standard InChI is InChI=1S/C27H31N7O.3C4H6O5/c1-32-14-11-20(12-15-32)33-16-13-21(17-33)34-27-24(26(28)29-18-30-27)25(31-34)19-7-9-23(10-8-19)35-22-5-3-2-4-6-22;3*5-2(4(8)9)1-3(6)7/h2-10,18,20-21H,11-17H2,1H3,(H2,28,29,30);3*2,5H,1H2,(H,6,7)(H,8,9). The van der Waals surface area contributed by atoms with Gasteiger partial charge < -0.3 is 61.3 Å². The molecule has 2 saturated heterocycles. The zero-order valence-electron chi connectivity index (χ0n) is 33.4. The number of rotatable bonds is 14. The molecule has 4 atom stereocenters. The number of likely N-dealkylation sites (tertiary alicyclic amines) is 2. The van der Waals surface area contributed by atoms with E-state index in [-0.39, 0.29) is 6.04 Å². The number of ether oxygens (including phenoxy) is 1. The summed E-state index contributed by atoms with van der Waals surface area (Å²) < 4.78 is 8.05. The SMILES string of the molecule is CN1CCC(N2CCC(n3nc(-c4ccc(Oc5ccccc5)cc4)c4c(N)ncnc43)C2)CC1.O=C(O)CC(O)C(=O)O.O=C(O)CC(O)C(=O)O.O=C(O)CC(O)C(=O)O. The molecule has 0 aliphatic carbocycles. The first-order valence-electron chi connectivity index (χ1n) is 18.9. The third-order valence-corrected chi connectivity index (χ3v) is 9.33. The van der Waals surface area contributed by atoms with Crippen molar-refractivity contribution in [2.75, 3.05) is 39.0 Å². The molecule has 4 unspecified atom stereocenters. The molecule has 4 aromatic rings. The number of anilines is 1. The molecule has 2 aliphatic rings. The first-order valence-corrected chi connectivity index (χ1v) is 18.9. The Bertz CT molecular complexity index is 2050. The van der Waals surface area contributed by atoms with Gasteiger partial charge in [0.2, 0.25) is 0 Å². The molecular formula is C39H49N7O16. The van der Waals surface area contributed by atoms with Crippen LogP contribution in [0.1, 0.15) is 44.6 Å². The van der Waals surface area contributed by atoms with Gasteiger partial charge in [-0.3, -0.25) is 19.3 Å². The number of para-hydroxylation sites is 1. The molecule has 0 radical (unpaired) electrons. The third-order valence-electron chi connectivity index (χ3n) is 9.33. The van der Waals surface area contributed by atoms with Crippen LogP contribution in [0.2, 0.25) is 0 Å². The lowest BCUT2D eigenvalue weighted by Crippen LogP contribution is -2.42. The summed E-state index contributed by atoms with van der Waals surface area (Å²) in [6, 6.07) is 18.7. The molecule has 6 rings (SSSR count). The second kappa shape index (κ2) is 23.9. The monoisotopic (exact) mass is 871 g/mol. The Kier molecular flexibility index (Phi) is 19.1. The van der Waals surface area contributed by atoms with Gasteiger partial charge in [0.25, 0.3) is 0 Å². The Morgan fingerprint density at radius 2 is 1.15 bits per heavy atom. The molecule has 23 heteroatoms. The Hall–Kier alpha value is -6.79. The number of carboxylic acids is 6. The maximum atomic E-state index is 9.72. The number of fused-ring (bicyclic) bond motifs is 1. The molecule has 2 fully saturated rings. The number of nitrogens with two attached hydrogens (primary N) is 1. The van der Waals surface area contributed by atoms with E-state index in [2.05, 4.69) is 31.5 Å². The first kappa shape index (κ1) is 49.6. The highest BCUT2D eigenvalue weighted by molar-refractivity contribution is 5.98. The predicted molar refractivity (Wildman–Crippen MR) is 215 cm³/mol. The second-order valence-electron chi connectivity index (χ2n) is 14.0. The summed E-state index contributed by atoms with van der Waals surface area (Å²) in [5.74, 6) is -6.49. The molecule has 0 amide bonds. The highest BCUT2D eigenvalue weighted by Gasteiger charge is 2.33. The molecule has 4 heterocycles. The Balaban J connectivity index is 0.000000309. The zero-order chi connectivity index (χ0) is 46.1. The van der Waals surface area contributed by atoms with Crippen LogP contribution >= 0.6 is 0 Å². The number of benzene rings is 2. The maximum Gasteiger partial charge on any atom is 0.333 e. The topological polar surface area (TPSA) is 370 Å². The van der Waals surface area contributed by atoms with Crippen molar-refractivity contribution in [1.29, 1.82) is 0 Å². The fraction of sp³-hybridized carbons (Fsp3) is 0.410. The van der Waals surface area contributed by atoms with E-state index >= 15 is 0 Å². The van der Waals surface area contributed by atoms with E-state index in [4.69, 9.17) is 61.5 Å². The fourth-order valence-electron chi connectivity index (χ4n) is 6.18. The number of aliphatic hydroxyl groups is 3. The number of nitrogen functional groups attached to an aromatic ring is 1. The van der Waals surface area contributed by atoms with E-state index in [9.17, 15) is 28.8 Å². The quantitative estimate of drug-likeness (QED) is 0.0842. The van der Waals surface area contributed by atoms with Gasteiger partial charge in [-0.05, 0) is 75.8 Å². The third kappa shape index (κ3) is 15.7. The van der Waals surface area contributed by atoms with E-state index in [0.717, 1.165) is 53.3 Å². The van der Waals surface area contributed by atoms with Crippen molar-refractivity contribution in [2.24, 2.45) is 0 Å². The van der Waals surface area contributed by atoms with Crippen LogP contribution in [0.3, 0.4) is 0 Å². The highest BCUT2D eigenvalue weighted by atomic mass is 16.5. The number of nitrogens with zero attached hydrogens (tertiary/aromatic N) is 6. The van der Waals surface area contributed by atoms with Crippen LogP contribution in [0.5, 0.6) is 11.5 Å². The van der Waals surface area contributed by atoms with Crippen LogP contribution < -0.4 is 10.5 Å². The highest BCUT2D eigenvalue weighted by Crippen LogP contribution is 2.36. The Labute approximate surface area is 352 Å². The average Bonchev–Trinajstić information content (AvgIpc) is 3.85. The summed E-state index contributed by atoms with van der Waals surface area (Å²) in [5, 5.41) is 78.3. The number of carbonyl (C=O) groups is 6. The van der Waals surface area contributed by atoms with E-state index in [0.29, 0.717) is 11.9 Å². The van der Waals surface area contributed by atoms with Crippen molar-refractivity contribution in [3.05, 3.63) is 60.9 Å². The molecule has 11 N–H and O–H groups in total. The summed E-state index contributed by atoms with van der Waals surface area (Å²) in [6.45, 7) is 4.45. The largest absolute Gasteiger partial charge is 0.481 e. The van der Waals surface area contributed by atoms with Crippen LogP contribution in [0.15, 0.2) is 60.9 Å². The number of aromatic nitrogens is 4. The minimum Gasteiger partial charge on any atom is -0.481 e. The fourth-order valence-corrected chi connectivity index (χ4v) is 6.18. The van der Waals surface area contributed by atoms with Crippen molar-refractivity contribution >= 4 is 52.7 Å². The average molecular weight is 872 g/mol. The van der Waals surface area contributed by atoms with Gasteiger partial charge in [-0.15, -0.1) is 0 Å². The maximum absolute atomic E-state index is 9.72. The molecule has 62 heavy (non-hydrogen) atoms. The van der Waals surface area contributed by atoms with E-state index in [1.54, 1.807) is 6.33 Å². The van der Waals surface area contributed by atoms with Gasteiger partial charge in [-0.1, -0.05) is 18.2 Å². The Morgan fingerprint density at radius 1 is 0.677 bits per heavy atom. The van der Waals surface area contributed by atoms with Crippen LogP contribution in [0, 0.1) is 0 Å². The van der Waals surface area contributed by atoms with Gasteiger partial charge >= 0.3 is 35.8 Å². The van der Waals surface area contributed by atoms with Gasteiger partial charge in [0.1, 0.15) is 29.3 Å². The second-order valence-corrected chi connectivity index (χ2v) is 14.0. The van der Waals surface area contributed by atoms with E-state index in [1.807, 2.05) is 54.6 Å². The van der Waals surface area contributed by atoms with Gasteiger partial charge in [-0.25, -0.2) is 29.0 Å². The summed E-state index contributed by atoms with van der Waals surface area (Å²) in [6.07, 6.45) is -2.55. The lowest BCUT2D eigenvalue weighted by Gasteiger charge is -2.35. The van der Waals surface area contributed by atoms with Gasteiger partial charge in [0.05, 0.1) is 30.7 Å². The molecule has 0 saturated carbocycles. The van der Waals surface area contributed by atoms with Gasteiger partial charge in [0.15, 0.2) is 24.0 Å². The Morgan fingerprint density at radius 3 is 1.60 bits per heavy atom. The van der Waals surface area contributed by atoms with Crippen molar-refractivity contribution in [2.45, 2.75) is 68.9 Å². The van der Waals surface area contributed by atoms with Crippen LogP contribution in [-0.4, -0.2) is 169 Å². The minimum absolute atomic E-state index is 0.279. The normalized spacial score (nSPS) is 16.7. The van der Waals surface area contributed by atoms with E-state index < -0.39 is 73.4 Å². The number of hydrogen-bond donors (Lipinski definition) is 10. The van der Waals surface area contributed by atoms with Gasteiger partial charge in [-0.2, -0.15) is 5.10 Å². The molecule has 23 nitrogen and oxygen atoms in total. The lowest BCUT2D eigenvalue weighted by atomic mass is 10.0. The number of aliphatic hydroxyl groups excluding tert-OH is 3. The van der Waals surface area contributed by atoms with Crippen molar-refractivity contribution in [1.82, 2.24) is 29.5 Å². The lowest BCUT2D eigenvalue weighted by molar-refractivity contribution is -0.153. The van der Waals surface area contributed by atoms with E-state index in [1.165, 1.54) is 25.9 Å². The zero-order valence-corrected chi connectivity index (χ0v) is 33.4. The van der Waals surface area contributed by atoms with Crippen molar-refractivity contribution < 1.29 is 79.5 Å². The summed E-state index contributed by atoms with van der Waals surface area (Å²) in [5.41, 5.74) is 8.96. The molecule has 2 aromatic carbocycles. The predicted octanol–water partition coefficient (Wildman–Crippen LogP) is 0.929. The first-order chi connectivity index (χ1) is 29.3. The number of aliphatic carboxylic acids is 6. The number of piperidine rings is 1. The van der Waals surface area contributed by atoms with Gasteiger partial charge in [0, 0.05) is 24.7 Å². The summed E-state index contributed by atoms with van der Waals surface area (Å²) >= 11 is 0. The van der Waals surface area contributed by atoms with Crippen LogP contribution in [-0.2, 0) is 28.8 Å². The minimum atomic E-state index is -1.79. The number of hydrogen-bond acceptors (Lipinski definition) is 16. The smallest absolute Gasteiger partial charge is 0.333 e. The van der Waals surface area contributed by atoms with Crippen LogP contribution in [0.4, 0.5) is 5.82 Å². The molecule has 336 valence electrons. The van der Waals surface area contributed by atoms with Crippen molar-refractivity contribution in [3.63, 3.8) is 0 Å².